The molecule has 2 aromatic rings. The van der Waals surface area contributed by atoms with Crippen LogP contribution in [0.25, 0.3) is 0 Å². The van der Waals surface area contributed by atoms with Crippen molar-refractivity contribution in [2.24, 2.45) is 52.2 Å². The van der Waals surface area contributed by atoms with Crippen LogP contribution in [0.5, 0.6) is 0 Å². The summed E-state index contributed by atoms with van der Waals surface area (Å²) >= 11 is 3.65. The second-order valence-corrected chi connectivity index (χ2v) is 14.9. The molecule has 0 aromatic carbocycles. The Labute approximate surface area is 371 Å². The standard InChI is InChI=1S/2C6H9N3O2.2C6H13NO2.C5H9NO2.C5H11NO2.C3H7NO2S/c2*7-5(6(10)11)1-4-2-8-3-9-4;1-4(2)3-5(7)6(8)9;1-3-4(2)5(7)6(8)9;7-5(8)4-2-1-3-6-4;1-3(2)4(6)5(7)8;4-2(1-7)3(5)6/h2*2-3,5H,1,7H2,(H,8,9)(H,10,11);2*4-5H,3,7H2,1-2H3,(H,8,9);4,6H,1-3H2,(H,7,8);3-4H,6H2,1-2H3,(H,7,8);2,7H,1,4H2,(H,5,6)/t;;;;4-;;/m....0../s1. The van der Waals surface area contributed by atoms with Crippen molar-refractivity contribution in [2.45, 2.75) is 122 Å². The van der Waals surface area contributed by atoms with Gasteiger partial charge < -0.3 is 85.4 Å². The minimum absolute atomic E-state index is 0.0208. The summed E-state index contributed by atoms with van der Waals surface area (Å²) in [6.07, 6.45) is 9.82. The Morgan fingerprint density at radius 3 is 1.19 bits per heavy atom. The maximum Gasteiger partial charge on any atom is 0.321 e. The van der Waals surface area contributed by atoms with E-state index >= 15 is 0 Å². The number of carboxylic acid groups (broad SMARTS) is 7. The molecule has 0 radical (unpaired) electrons. The van der Waals surface area contributed by atoms with Gasteiger partial charge in [-0.3, -0.25) is 33.6 Å². The highest BCUT2D eigenvalue weighted by Gasteiger charge is 2.20. The van der Waals surface area contributed by atoms with Crippen molar-refractivity contribution in [3.63, 3.8) is 0 Å². The van der Waals surface area contributed by atoms with Gasteiger partial charge in [0.1, 0.15) is 42.3 Å². The van der Waals surface area contributed by atoms with E-state index in [4.69, 9.17) is 70.1 Å². The molecule has 26 heteroatoms. The van der Waals surface area contributed by atoms with Crippen LogP contribution in [0.15, 0.2) is 25.0 Å². The summed E-state index contributed by atoms with van der Waals surface area (Å²) in [4.78, 5) is 83.7. The Morgan fingerprint density at radius 1 is 0.651 bits per heavy atom. The van der Waals surface area contributed by atoms with Crippen molar-refractivity contribution in [3.8, 4) is 0 Å². The largest absolute Gasteiger partial charge is 0.480 e. The Bertz CT molecular complexity index is 1480. The fourth-order valence-corrected chi connectivity index (χ4v) is 3.96. The van der Waals surface area contributed by atoms with E-state index in [9.17, 15) is 33.6 Å². The molecule has 3 rings (SSSR count). The van der Waals surface area contributed by atoms with Crippen molar-refractivity contribution in [3.05, 3.63) is 36.4 Å². The highest BCUT2D eigenvalue weighted by Crippen LogP contribution is 2.05. The van der Waals surface area contributed by atoms with Crippen molar-refractivity contribution in [1.82, 2.24) is 25.3 Å². The molecule has 0 aliphatic carbocycles. The molecule has 0 bridgehead atoms. The number of carbonyl (C=O) groups is 7. The van der Waals surface area contributed by atoms with Crippen molar-refractivity contribution < 1.29 is 69.3 Å². The van der Waals surface area contributed by atoms with Crippen LogP contribution in [0.3, 0.4) is 0 Å². The number of aromatic amines is 2. The van der Waals surface area contributed by atoms with Gasteiger partial charge in [0.25, 0.3) is 0 Å². The first-order valence-corrected chi connectivity index (χ1v) is 20.1. The lowest BCUT2D eigenvalue weighted by Crippen LogP contribution is -2.36. The van der Waals surface area contributed by atoms with Gasteiger partial charge in [0.05, 0.1) is 12.7 Å². The van der Waals surface area contributed by atoms with Gasteiger partial charge in [-0.2, -0.15) is 12.6 Å². The minimum Gasteiger partial charge on any atom is -0.480 e. The SMILES string of the molecule is CC(C)C(N)C(=O)O.CC(C)CC(N)C(=O)O.CCC(C)C(N)C(=O)O.NC(CS)C(=O)O.NC(Cc1cnc[nH]1)C(=O)O.NC(Cc1cnc[nH]1)C(=O)O.O=C(O)[C@@H]1CCCN1. The molecule has 0 saturated carbocycles. The molecule has 63 heavy (non-hydrogen) atoms. The Balaban J connectivity index is -0.000000324. The van der Waals surface area contributed by atoms with Gasteiger partial charge in [-0.25, -0.2) is 9.97 Å². The number of aromatic nitrogens is 4. The molecular weight excluding hydrogens is 855 g/mol. The van der Waals surface area contributed by atoms with E-state index in [1.54, 1.807) is 26.2 Å². The van der Waals surface area contributed by atoms with Crippen molar-refractivity contribution in [1.29, 1.82) is 0 Å². The smallest absolute Gasteiger partial charge is 0.321 e. The average Bonchev–Trinajstić information content (AvgIpc) is 4.03. The van der Waals surface area contributed by atoms with E-state index in [1.165, 1.54) is 12.7 Å². The van der Waals surface area contributed by atoms with Crippen LogP contribution < -0.4 is 39.7 Å². The van der Waals surface area contributed by atoms with Crippen LogP contribution in [-0.2, 0) is 46.4 Å². The summed E-state index contributed by atoms with van der Waals surface area (Å²) in [6, 6.07) is -4.89. The van der Waals surface area contributed by atoms with Gasteiger partial charge in [0.2, 0.25) is 0 Å². The topological polar surface area (TPSA) is 487 Å². The van der Waals surface area contributed by atoms with E-state index in [-0.39, 0.29) is 36.5 Å². The van der Waals surface area contributed by atoms with Gasteiger partial charge in [-0.15, -0.1) is 0 Å². The molecule has 7 unspecified atom stereocenters. The van der Waals surface area contributed by atoms with Crippen molar-refractivity contribution in [2.75, 3.05) is 12.3 Å². The van der Waals surface area contributed by atoms with Crippen LogP contribution in [0, 0.1) is 17.8 Å². The van der Waals surface area contributed by atoms with E-state index in [2.05, 4.69) is 37.9 Å². The lowest BCUT2D eigenvalue weighted by atomic mass is 10.0. The number of carboxylic acids is 7. The van der Waals surface area contributed by atoms with Crippen LogP contribution in [0.1, 0.15) is 78.6 Å². The van der Waals surface area contributed by atoms with E-state index in [0.29, 0.717) is 12.3 Å². The molecule has 0 spiro atoms. The summed E-state index contributed by atoms with van der Waals surface area (Å²) in [7, 11) is 0. The number of H-pyrrole nitrogens is 2. The lowest BCUT2D eigenvalue weighted by Gasteiger charge is -2.11. The van der Waals surface area contributed by atoms with E-state index in [1.807, 2.05) is 27.7 Å². The summed E-state index contributed by atoms with van der Waals surface area (Å²) in [6.45, 7) is 12.1. The molecule has 364 valence electrons. The zero-order chi connectivity index (χ0) is 50.0. The number of thiol groups is 1. The summed E-state index contributed by atoms with van der Waals surface area (Å²) in [5.74, 6) is -5.84. The highest BCUT2D eigenvalue weighted by molar-refractivity contribution is 7.80. The second-order valence-electron chi connectivity index (χ2n) is 14.5. The van der Waals surface area contributed by atoms with Crippen LogP contribution in [-0.4, -0.2) is 152 Å². The van der Waals surface area contributed by atoms with E-state index < -0.39 is 78.0 Å². The molecule has 25 nitrogen and oxygen atoms in total. The zero-order valence-corrected chi connectivity index (χ0v) is 37.4. The zero-order valence-electron chi connectivity index (χ0n) is 36.5. The minimum atomic E-state index is -1.00. The lowest BCUT2D eigenvalue weighted by molar-refractivity contribution is -0.140. The maximum atomic E-state index is 10.3. The molecule has 1 aliphatic rings. The summed E-state index contributed by atoms with van der Waals surface area (Å²) in [5.41, 5.74) is 32.6. The normalized spacial score (nSPS) is 15.7. The molecule has 8 atom stereocenters. The van der Waals surface area contributed by atoms with Crippen LogP contribution >= 0.6 is 12.6 Å². The second kappa shape index (κ2) is 37.3. The first-order chi connectivity index (χ1) is 29.1. The number of imidazole rings is 2. The van der Waals surface area contributed by atoms with Crippen LogP contribution in [0.4, 0.5) is 0 Å². The number of rotatable bonds is 17. The molecule has 22 N–H and O–H groups in total. The fourth-order valence-electron chi connectivity index (χ4n) is 3.81. The first-order valence-electron chi connectivity index (χ1n) is 19.5. The highest BCUT2D eigenvalue weighted by atomic mass is 32.1. The average molecular weight is 926 g/mol. The molecule has 1 saturated heterocycles. The van der Waals surface area contributed by atoms with Gasteiger partial charge >= 0.3 is 41.8 Å². The number of nitrogens with one attached hydrogen (secondary N) is 3. The number of nitrogens with zero attached hydrogens (tertiary/aromatic N) is 2. The molecule has 1 fully saturated rings. The third-order valence-corrected chi connectivity index (χ3v) is 8.48. The van der Waals surface area contributed by atoms with E-state index in [0.717, 1.165) is 37.2 Å². The third kappa shape index (κ3) is 37.1. The molecular formula is C37H71N11O14S. The monoisotopic (exact) mass is 925 g/mol. The summed E-state index contributed by atoms with van der Waals surface area (Å²) in [5, 5.41) is 61.0. The number of aliphatic carboxylic acids is 7. The first kappa shape index (κ1) is 64.4. The van der Waals surface area contributed by atoms with Gasteiger partial charge in [0.15, 0.2) is 0 Å². The Kier molecular flexibility index (Phi) is 38.2. The predicted molar refractivity (Wildman–Crippen MR) is 235 cm³/mol. The predicted octanol–water partition coefficient (Wildman–Crippen LogP) is -1.18. The number of hydrogen-bond donors (Lipinski definition) is 17. The van der Waals surface area contributed by atoms with Gasteiger partial charge in [0, 0.05) is 42.4 Å². The van der Waals surface area contributed by atoms with Crippen LogP contribution in [0.2, 0.25) is 0 Å². The number of nitrogens with two attached hydrogens (primary N) is 6. The van der Waals surface area contributed by atoms with Gasteiger partial charge in [-0.05, 0) is 43.6 Å². The summed E-state index contributed by atoms with van der Waals surface area (Å²) < 4.78 is 0. The third-order valence-electron chi connectivity index (χ3n) is 8.08. The fraction of sp³-hybridized carbons (Fsp3) is 0.649. The van der Waals surface area contributed by atoms with Gasteiger partial charge in [-0.1, -0.05) is 48.0 Å². The quantitative estimate of drug-likeness (QED) is 0.0830. The molecule has 0 amide bonds. The molecule has 2 aromatic heterocycles. The Morgan fingerprint density at radius 2 is 1.05 bits per heavy atom. The maximum absolute atomic E-state index is 10.3. The molecule has 1 aliphatic heterocycles. The van der Waals surface area contributed by atoms with Crippen molar-refractivity contribution >= 4 is 54.4 Å². The number of hydrogen-bond acceptors (Lipinski definition) is 17. The Hall–Kier alpha value is -5.22. The molecule has 3 heterocycles.